The lowest BCUT2D eigenvalue weighted by Crippen LogP contribution is -2.53. The molecule has 1 aromatic heterocycles. The van der Waals surface area contributed by atoms with Crippen molar-refractivity contribution in [3.05, 3.63) is 28.2 Å². The molecule has 8 nitrogen and oxygen atoms in total. The second-order valence-corrected chi connectivity index (χ2v) is 4.59. The Bertz CT molecular complexity index is 563. The number of H-pyrrole nitrogens is 1. The molecule has 0 aliphatic carbocycles. The number of nitrogens with one attached hydrogen (secondary N) is 2. The minimum absolute atomic E-state index is 0.0213. The average molecular weight is 263 g/mol. The van der Waals surface area contributed by atoms with Gasteiger partial charge in [0.15, 0.2) is 0 Å². The van der Waals surface area contributed by atoms with Crippen LogP contribution in [-0.2, 0) is 0 Å². The second-order valence-electron chi connectivity index (χ2n) is 4.59. The third kappa shape index (κ3) is 2.05. The highest BCUT2D eigenvalue weighted by molar-refractivity contribution is 5.92. The van der Waals surface area contributed by atoms with Gasteiger partial charge >= 0.3 is 6.03 Å². The summed E-state index contributed by atoms with van der Waals surface area (Å²) in [5.74, 6) is -0.227. The number of hydrogen-bond acceptors (Lipinski definition) is 4. The third-order valence-electron chi connectivity index (χ3n) is 3.42. The van der Waals surface area contributed by atoms with E-state index in [0.29, 0.717) is 26.2 Å². The van der Waals surface area contributed by atoms with Crippen molar-refractivity contribution in [3.63, 3.8) is 0 Å². The van der Waals surface area contributed by atoms with Gasteiger partial charge in [0.1, 0.15) is 5.69 Å². The average Bonchev–Trinajstić information content (AvgIpc) is 2.80. The predicted octanol–water partition coefficient (Wildman–Crippen LogP) is -1.38. The predicted molar refractivity (Wildman–Crippen MR) is 64.7 cm³/mol. The number of nitrogens with zero attached hydrogens (tertiary/aromatic N) is 3. The zero-order valence-electron chi connectivity index (χ0n) is 10.1. The van der Waals surface area contributed by atoms with E-state index < -0.39 is 0 Å². The molecule has 1 unspecified atom stereocenters. The van der Waals surface area contributed by atoms with Gasteiger partial charge in [-0.15, -0.1) is 0 Å². The summed E-state index contributed by atoms with van der Waals surface area (Å²) >= 11 is 0. The van der Waals surface area contributed by atoms with Crippen LogP contribution in [0.15, 0.2) is 16.9 Å². The van der Waals surface area contributed by atoms with E-state index in [0.717, 1.165) is 0 Å². The zero-order valence-corrected chi connectivity index (χ0v) is 10.1. The standard InChI is InChI=1S/C11H13N5O3/c17-9-2-1-8(13-14-9)10(18)15-3-4-16-7(6-15)5-12-11(16)19/h1-2,7H,3-6H2,(H,12,19)(H,14,17). The molecular formula is C11H13N5O3. The maximum atomic E-state index is 12.2. The van der Waals surface area contributed by atoms with Crippen LogP contribution in [0.25, 0.3) is 0 Å². The van der Waals surface area contributed by atoms with E-state index in [1.165, 1.54) is 12.1 Å². The van der Waals surface area contributed by atoms with Crippen molar-refractivity contribution in [1.82, 2.24) is 25.3 Å². The normalized spacial score (nSPS) is 22.1. The van der Waals surface area contributed by atoms with Crippen LogP contribution < -0.4 is 10.9 Å². The van der Waals surface area contributed by atoms with Gasteiger partial charge in [-0.2, -0.15) is 5.10 Å². The number of amides is 3. The molecule has 2 fully saturated rings. The first kappa shape index (κ1) is 11.7. The van der Waals surface area contributed by atoms with Crippen molar-refractivity contribution in [2.75, 3.05) is 26.2 Å². The summed E-state index contributed by atoms with van der Waals surface area (Å²) < 4.78 is 0. The summed E-state index contributed by atoms with van der Waals surface area (Å²) in [6, 6.07) is 2.63. The number of fused-ring (bicyclic) bond motifs is 1. The highest BCUT2D eigenvalue weighted by Crippen LogP contribution is 2.15. The maximum Gasteiger partial charge on any atom is 0.317 e. The highest BCUT2D eigenvalue weighted by atomic mass is 16.2. The molecule has 3 heterocycles. The molecule has 3 rings (SSSR count). The van der Waals surface area contributed by atoms with Crippen LogP contribution in [0, 0.1) is 0 Å². The topological polar surface area (TPSA) is 98.4 Å². The number of rotatable bonds is 1. The van der Waals surface area contributed by atoms with Crippen LogP contribution in [0.4, 0.5) is 4.79 Å². The van der Waals surface area contributed by atoms with E-state index >= 15 is 0 Å². The summed E-state index contributed by atoms with van der Waals surface area (Å²) in [5.41, 5.74) is -0.128. The lowest BCUT2D eigenvalue weighted by Gasteiger charge is -2.36. The van der Waals surface area contributed by atoms with Crippen molar-refractivity contribution >= 4 is 11.9 Å². The lowest BCUT2D eigenvalue weighted by atomic mass is 10.2. The molecular weight excluding hydrogens is 250 g/mol. The summed E-state index contributed by atoms with van der Waals surface area (Å²) in [5, 5.41) is 8.73. The van der Waals surface area contributed by atoms with Crippen molar-refractivity contribution < 1.29 is 9.59 Å². The van der Waals surface area contributed by atoms with Crippen LogP contribution >= 0.6 is 0 Å². The van der Waals surface area contributed by atoms with E-state index in [1.807, 2.05) is 0 Å². The van der Waals surface area contributed by atoms with E-state index in [-0.39, 0.29) is 29.2 Å². The number of carbonyl (C=O) groups excluding carboxylic acids is 2. The molecule has 2 aliphatic rings. The molecule has 2 N–H and O–H groups in total. The van der Waals surface area contributed by atoms with Crippen molar-refractivity contribution in [1.29, 1.82) is 0 Å². The fourth-order valence-electron chi connectivity index (χ4n) is 2.41. The molecule has 0 bridgehead atoms. The molecule has 2 saturated heterocycles. The Morgan fingerprint density at radius 2 is 2.16 bits per heavy atom. The number of hydrogen-bond donors (Lipinski definition) is 2. The molecule has 0 radical (unpaired) electrons. The van der Waals surface area contributed by atoms with E-state index in [2.05, 4.69) is 15.5 Å². The van der Waals surface area contributed by atoms with Gasteiger partial charge in [-0.1, -0.05) is 0 Å². The number of carbonyl (C=O) groups is 2. The summed E-state index contributed by atoms with van der Waals surface area (Å²) in [4.78, 5) is 38.0. The van der Waals surface area contributed by atoms with Crippen LogP contribution in [-0.4, -0.2) is 64.2 Å². The Morgan fingerprint density at radius 1 is 1.32 bits per heavy atom. The first-order valence-corrected chi connectivity index (χ1v) is 6.04. The van der Waals surface area contributed by atoms with Gasteiger partial charge < -0.3 is 15.1 Å². The second kappa shape index (κ2) is 4.38. The molecule has 3 amide bonds. The molecule has 8 heteroatoms. The monoisotopic (exact) mass is 263 g/mol. The summed E-state index contributed by atoms with van der Waals surface area (Å²) in [6.45, 7) is 2.04. The number of aromatic nitrogens is 2. The smallest absolute Gasteiger partial charge is 0.317 e. The van der Waals surface area contributed by atoms with Gasteiger partial charge in [-0.05, 0) is 6.07 Å². The summed E-state index contributed by atoms with van der Waals surface area (Å²) in [7, 11) is 0. The van der Waals surface area contributed by atoms with Crippen molar-refractivity contribution in [2.45, 2.75) is 6.04 Å². The Labute approximate surface area is 108 Å². The quantitative estimate of drug-likeness (QED) is 0.652. The largest absolute Gasteiger partial charge is 0.336 e. The molecule has 100 valence electrons. The van der Waals surface area contributed by atoms with Gasteiger partial charge in [0.05, 0.1) is 6.04 Å². The van der Waals surface area contributed by atoms with E-state index in [4.69, 9.17) is 0 Å². The zero-order chi connectivity index (χ0) is 13.4. The van der Waals surface area contributed by atoms with Gasteiger partial charge in [0.2, 0.25) is 0 Å². The van der Waals surface area contributed by atoms with Crippen LogP contribution in [0.2, 0.25) is 0 Å². The van der Waals surface area contributed by atoms with Crippen LogP contribution in [0.5, 0.6) is 0 Å². The van der Waals surface area contributed by atoms with Gasteiger partial charge in [0.25, 0.3) is 11.5 Å². The molecule has 1 atom stereocenters. The summed E-state index contributed by atoms with van der Waals surface area (Å²) in [6.07, 6.45) is 0. The Kier molecular flexibility index (Phi) is 2.69. The Morgan fingerprint density at radius 3 is 2.89 bits per heavy atom. The molecule has 0 spiro atoms. The SMILES string of the molecule is O=C(c1ccc(=O)[nH]n1)N1CCN2C(=O)NCC2C1. The minimum atomic E-state index is -0.341. The fraction of sp³-hybridized carbons (Fsp3) is 0.455. The molecule has 2 aliphatic heterocycles. The van der Waals surface area contributed by atoms with E-state index in [9.17, 15) is 14.4 Å². The Hall–Kier alpha value is -2.38. The number of piperazine rings is 1. The number of urea groups is 1. The first-order valence-electron chi connectivity index (χ1n) is 6.04. The number of aromatic amines is 1. The van der Waals surface area contributed by atoms with Crippen LogP contribution in [0.3, 0.4) is 0 Å². The van der Waals surface area contributed by atoms with Gasteiger partial charge in [-0.25, -0.2) is 9.89 Å². The Balaban J connectivity index is 1.73. The van der Waals surface area contributed by atoms with Gasteiger partial charge in [0, 0.05) is 32.2 Å². The first-order chi connectivity index (χ1) is 9.15. The van der Waals surface area contributed by atoms with E-state index in [1.54, 1.807) is 9.80 Å². The highest BCUT2D eigenvalue weighted by Gasteiger charge is 2.37. The molecule has 1 aromatic rings. The minimum Gasteiger partial charge on any atom is -0.336 e. The maximum absolute atomic E-state index is 12.2. The lowest BCUT2D eigenvalue weighted by molar-refractivity contribution is 0.0610. The molecule has 0 saturated carbocycles. The molecule has 0 aromatic carbocycles. The van der Waals surface area contributed by atoms with Gasteiger partial charge in [-0.3, -0.25) is 9.59 Å². The molecule has 19 heavy (non-hydrogen) atoms. The van der Waals surface area contributed by atoms with Crippen molar-refractivity contribution in [2.24, 2.45) is 0 Å². The fourth-order valence-corrected chi connectivity index (χ4v) is 2.41. The third-order valence-corrected chi connectivity index (χ3v) is 3.42. The van der Waals surface area contributed by atoms with Crippen molar-refractivity contribution in [3.8, 4) is 0 Å². The van der Waals surface area contributed by atoms with Crippen LogP contribution in [0.1, 0.15) is 10.5 Å².